The van der Waals surface area contributed by atoms with Crippen molar-refractivity contribution in [2.75, 3.05) is 11.9 Å². The van der Waals surface area contributed by atoms with Gasteiger partial charge in [-0.2, -0.15) is 0 Å². The van der Waals surface area contributed by atoms with E-state index in [0.717, 1.165) is 33.7 Å². The van der Waals surface area contributed by atoms with Gasteiger partial charge in [-0.15, -0.1) is 0 Å². The molecule has 0 saturated heterocycles. The molecule has 1 fully saturated rings. The van der Waals surface area contributed by atoms with Gasteiger partial charge in [-0.1, -0.05) is 24.7 Å². The molecule has 1 N–H and O–H groups in total. The summed E-state index contributed by atoms with van der Waals surface area (Å²) in [4.78, 5) is 4.47. The first-order chi connectivity index (χ1) is 8.70. The Bertz CT molecular complexity index is 552. The Hall–Kier alpha value is -1.16. The predicted molar refractivity (Wildman–Crippen MR) is 74.6 cm³/mol. The van der Waals surface area contributed by atoms with Crippen molar-refractivity contribution in [2.24, 2.45) is 11.8 Å². The van der Waals surface area contributed by atoms with Crippen LogP contribution in [0.2, 0.25) is 0 Å². The van der Waals surface area contributed by atoms with Crippen molar-refractivity contribution in [3.8, 4) is 0 Å². The van der Waals surface area contributed by atoms with Gasteiger partial charge in [0, 0.05) is 6.54 Å². The lowest BCUT2D eigenvalue weighted by molar-refractivity contribution is 0.537. The average molecular weight is 264 g/mol. The minimum atomic E-state index is -0.192. The van der Waals surface area contributed by atoms with Crippen LogP contribution in [0.4, 0.5) is 9.52 Å². The third-order valence-electron chi connectivity index (χ3n) is 3.70. The minimum Gasteiger partial charge on any atom is -0.361 e. The first-order valence-electron chi connectivity index (χ1n) is 6.50. The lowest BCUT2D eigenvalue weighted by atomic mass is 10.1. The van der Waals surface area contributed by atoms with Crippen LogP contribution in [0.3, 0.4) is 0 Å². The molecule has 1 aromatic heterocycles. The highest BCUT2D eigenvalue weighted by Gasteiger charge is 2.21. The zero-order chi connectivity index (χ0) is 12.5. The molecular formula is C14H17FN2S. The number of thiazole rings is 1. The highest BCUT2D eigenvalue weighted by molar-refractivity contribution is 7.22. The molecule has 0 spiro atoms. The summed E-state index contributed by atoms with van der Waals surface area (Å²) in [5, 5.41) is 4.31. The monoisotopic (exact) mass is 264 g/mol. The summed E-state index contributed by atoms with van der Waals surface area (Å²) < 4.78 is 14.0. The van der Waals surface area contributed by atoms with Crippen LogP contribution in [0.1, 0.15) is 26.2 Å². The van der Waals surface area contributed by atoms with Crippen LogP contribution in [0.25, 0.3) is 10.2 Å². The summed E-state index contributed by atoms with van der Waals surface area (Å²) in [5.41, 5.74) is 0.878. The van der Waals surface area contributed by atoms with Gasteiger partial charge in [-0.3, -0.25) is 0 Å². The van der Waals surface area contributed by atoms with E-state index in [4.69, 9.17) is 0 Å². The van der Waals surface area contributed by atoms with Crippen molar-refractivity contribution >= 4 is 26.7 Å². The first-order valence-corrected chi connectivity index (χ1v) is 7.32. The second kappa shape index (κ2) is 4.84. The SMILES string of the molecule is CC1CCC(CNc2nc3ccc(F)cc3s2)C1. The standard InChI is InChI=1S/C14H17FN2S/c1-9-2-3-10(6-9)8-16-14-17-12-5-4-11(15)7-13(12)18-14/h4-5,7,9-10H,2-3,6,8H2,1H3,(H,16,17). The molecule has 4 heteroatoms. The third-order valence-corrected chi connectivity index (χ3v) is 4.67. The topological polar surface area (TPSA) is 24.9 Å². The van der Waals surface area contributed by atoms with Gasteiger partial charge in [0.25, 0.3) is 0 Å². The molecule has 2 nitrogen and oxygen atoms in total. The maximum atomic E-state index is 13.1. The zero-order valence-electron chi connectivity index (χ0n) is 10.4. The van der Waals surface area contributed by atoms with Crippen LogP contribution >= 0.6 is 11.3 Å². The number of aromatic nitrogens is 1. The van der Waals surface area contributed by atoms with Gasteiger partial charge < -0.3 is 5.32 Å². The van der Waals surface area contributed by atoms with Crippen LogP contribution in [-0.2, 0) is 0 Å². The molecular weight excluding hydrogens is 247 g/mol. The van der Waals surface area contributed by atoms with Crippen LogP contribution in [0, 0.1) is 17.7 Å². The van der Waals surface area contributed by atoms with Gasteiger partial charge >= 0.3 is 0 Å². The van der Waals surface area contributed by atoms with Gasteiger partial charge in [0.15, 0.2) is 5.13 Å². The highest BCUT2D eigenvalue weighted by atomic mass is 32.1. The summed E-state index contributed by atoms with van der Waals surface area (Å²) in [6.45, 7) is 3.31. The van der Waals surface area contributed by atoms with Crippen molar-refractivity contribution in [2.45, 2.75) is 26.2 Å². The molecule has 18 heavy (non-hydrogen) atoms. The van der Waals surface area contributed by atoms with E-state index in [1.54, 1.807) is 12.1 Å². The third kappa shape index (κ3) is 2.48. The van der Waals surface area contributed by atoms with Gasteiger partial charge in [-0.25, -0.2) is 9.37 Å². The van der Waals surface area contributed by atoms with Crippen LogP contribution in [0.15, 0.2) is 18.2 Å². The molecule has 0 bridgehead atoms. The Labute approximate surface area is 110 Å². The number of halogens is 1. The second-order valence-corrected chi connectivity index (χ2v) is 6.33. The van der Waals surface area contributed by atoms with E-state index < -0.39 is 0 Å². The number of hydrogen-bond acceptors (Lipinski definition) is 3. The smallest absolute Gasteiger partial charge is 0.183 e. The fraction of sp³-hybridized carbons (Fsp3) is 0.500. The van der Waals surface area contributed by atoms with E-state index >= 15 is 0 Å². The largest absolute Gasteiger partial charge is 0.361 e. The average Bonchev–Trinajstić information content (AvgIpc) is 2.92. The summed E-state index contributed by atoms with van der Waals surface area (Å²) in [6.07, 6.45) is 3.97. The molecule has 0 radical (unpaired) electrons. The number of fused-ring (bicyclic) bond motifs is 1. The van der Waals surface area contributed by atoms with Crippen LogP contribution in [-0.4, -0.2) is 11.5 Å². The molecule has 0 amide bonds. The number of hydrogen-bond donors (Lipinski definition) is 1. The summed E-state index contributed by atoms with van der Waals surface area (Å²) in [7, 11) is 0. The number of anilines is 1. The van der Waals surface area contributed by atoms with E-state index in [-0.39, 0.29) is 5.82 Å². The van der Waals surface area contributed by atoms with Crippen molar-refractivity contribution in [1.82, 2.24) is 4.98 Å². The molecule has 2 aromatic rings. The minimum absolute atomic E-state index is 0.192. The number of rotatable bonds is 3. The molecule has 1 aromatic carbocycles. The lowest BCUT2D eigenvalue weighted by Gasteiger charge is -2.09. The van der Waals surface area contributed by atoms with Gasteiger partial charge in [0.2, 0.25) is 0 Å². The Morgan fingerprint density at radius 3 is 3.11 bits per heavy atom. The number of nitrogens with one attached hydrogen (secondary N) is 1. The fourth-order valence-corrected chi connectivity index (χ4v) is 3.61. The maximum Gasteiger partial charge on any atom is 0.183 e. The van der Waals surface area contributed by atoms with E-state index in [9.17, 15) is 4.39 Å². The summed E-state index contributed by atoms with van der Waals surface area (Å²) in [6, 6.07) is 4.75. The van der Waals surface area contributed by atoms with Crippen molar-refractivity contribution in [3.05, 3.63) is 24.0 Å². The zero-order valence-corrected chi connectivity index (χ0v) is 11.3. The summed E-state index contributed by atoms with van der Waals surface area (Å²) >= 11 is 1.53. The second-order valence-electron chi connectivity index (χ2n) is 5.30. The normalized spacial score (nSPS) is 23.7. The molecule has 3 rings (SSSR count). The fourth-order valence-electron chi connectivity index (χ4n) is 2.72. The predicted octanol–water partition coefficient (Wildman–Crippen LogP) is 4.28. The quantitative estimate of drug-likeness (QED) is 0.894. The van der Waals surface area contributed by atoms with Gasteiger partial charge in [0.1, 0.15) is 5.82 Å². The van der Waals surface area contributed by atoms with Gasteiger partial charge in [0.05, 0.1) is 10.2 Å². The van der Waals surface area contributed by atoms with Crippen molar-refractivity contribution < 1.29 is 4.39 Å². The van der Waals surface area contributed by atoms with Crippen LogP contribution < -0.4 is 5.32 Å². The molecule has 1 saturated carbocycles. The maximum absolute atomic E-state index is 13.1. The first kappa shape index (κ1) is 11.9. The van der Waals surface area contributed by atoms with E-state index in [0.29, 0.717) is 0 Å². The van der Waals surface area contributed by atoms with Gasteiger partial charge in [-0.05, 0) is 42.9 Å². The molecule has 0 aliphatic heterocycles. The van der Waals surface area contributed by atoms with Crippen molar-refractivity contribution in [3.63, 3.8) is 0 Å². The molecule has 96 valence electrons. The van der Waals surface area contributed by atoms with E-state index in [1.165, 1.54) is 36.7 Å². The Kier molecular flexibility index (Phi) is 3.20. The number of nitrogens with zero attached hydrogens (tertiary/aromatic N) is 1. The highest BCUT2D eigenvalue weighted by Crippen LogP contribution is 2.31. The van der Waals surface area contributed by atoms with Crippen LogP contribution in [0.5, 0.6) is 0 Å². The van der Waals surface area contributed by atoms with Crippen molar-refractivity contribution in [1.29, 1.82) is 0 Å². The molecule has 1 heterocycles. The number of benzene rings is 1. The summed E-state index contributed by atoms with van der Waals surface area (Å²) in [5.74, 6) is 1.44. The molecule has 1 aliphatic carbocycles. The Balaban J connectivity index is 1.67. The van der Waals surface area contributed by atoms with E-state index in [2.05, 4.69) is 17.2 Å². The molecule has 2 unspecified atom stereocenters. The lowest BCUT2D eigenvalue weighted by Crippen LogP contribution is -2.11. The Morgan fingerprint density at radius 2 is 2.33 bits per heavy atom. The van der Waals surface area contributed by atoms with E-state index in [1.807, 2.05) is 0 Å². The Morgan fingerprint density at radius 1 is 1.44 bits per heavy atom. The molecule has 2 atom stereocenters. The molecule has 1 aliphatic rings.